The molecule has 2 amide bonds. The molecule has 0 saturated carbocycles. The highest BCUT2D eigenvalue weighted by molar-refractivity contribution is 8.23. The molecule has 0 radical (unpaired) electrons. The van der Waals surface area contributed by atoms with E-state index >= 15 is 0 Å². The molecule has 1 saturated heterocycles. The number of rotatable bonds is 6. The predicted molar refractivity (Wildman–Crippen MR) is 116 cm³/mol. The van der Waals surface area contributed by atoms with Crippen molar-refractivity contribution in [1.82, 2.24) is 15.1 Å². The smallest absolute Gasteiger partial charge is 0.352 e. The van der Waals surface area contributed by atoms with Crippen molar-refractivity contribution in [3.8, 4) is 0 Å². The molecule has 2 aliphatic heterocycles. The van der Waals surface area contributed by atoms with Crippen LogP contribution in [0.15, 0.2) is 28.8 Å². The second kappa shape index (κ2) is 8.85. The van der Waals surface area contributed by atoms with E-state index in [1.54, 1.807) is 4.90 Å². The molecule has 0 unspecified atom stereocenters. The maximum Gasteiger partial charge on any atom is 0.352 e. The van der Waals surface area contributed by atoms with Gasteiger partial charge in [0.05, 0.1) is 6.42 Å². The first-order chi connectivity index (χ1) is 13.3. The molecule has 1 aromatic rings. The zero-order valence-corrected chi connectivity index (χ0v) is 18.5. The summed E-state index contributed by atoms with van der Waals surface area (Å²) in [5.41, 5.74) is 0.686. The van der Waals surface area contributed by atoms with Gasteiger partial charge in [0.1, 0.15) is 21.4 Å². The summed E-state index contributed by atoms with van der Waals surface area (Å²) < 4.78 is 0.651. The zero-order chi connectivity index (χ0) is 20.4. The number of carbonyl (C=O) groups is 3. The monoisotopic (exact) mass is 457 g/mol. The van der Waals surface area contributed by atoms with Crippen molar-refractivity contribution in [2.45, 2.75) is 17.8 Å². The highest BCUT2D eigenvalue weighted by Gasteiger charge is 2.54. The number of nitrogens with zero attached hydrogens (tertiary/aromatic N) is 2. The van der Waals surface area contributed by atoms with E-state index in [4.69, 9.17) is 12.2 Å². The van der Waals surface area contributed by atoms with Gasteiger partial charge in [0.2, 0.25) is 5.91 Å². The fourth-order valence-electron chi connectivity index (χ4n) is 2.87. The summed E-state index contributed by atoms with van der Waals surface area (Å²) in [6.45, 7) is 0. The van der Waals surface area contributed by atoms with Crippen LogP contribution in [0.2, 0.25) is 0 Å². The predicted octanol–water partition coefficient (Wildman–Crippen LogP) is 1.61. The first-order valence-corrected chi connectivity index (χ1v) is 11.7. The van der Waals surface area contributed by atoms with Gasteiger partial charge >= 0.3 is 5.97 Å². The van der Waals surface area contributed by atoms with Crippen LogP contribution < -0.4 is 5.32 Å². The molecule has 0 aliphatic carbocycles. The molecule has 11 heteroatoms. The Labute approximate surface area is 180 Å². The molecule has 0 aromatic carbocycles. The molecule has 1 fully saturated rings. The molecule has 28 heavy (non-hydrogen) atoms. The lowest BCUT2D eigenvalue weighted by Crippen LogP contribution is -2.70. The molecule has 0 bridgehead atoms. The number of fused-ring (bicyclic) bond motifs is 1. The molecule has 2 N–H and O–H groups in total. The summed E-state index contributed by atoms with van der Waals surface area (Å²) in [7, 11) is 3.66. The van der Waals surface area contributed by atoms with Crippen molar-refractivity contribution in [3.05, 3.63) is 33.7 Å². The van der Waals surface area contributed by atoms with Crippen molar-refractivity contribution in [1.29, 1.82) is 0 Å². The molecule has 0 spiro atoms. The standard InChI is InChI=1S/C17H19N3O4S4/c1-19(2)17(25)28-8-9-7-27-15-12(14(22)20(15)13(9)16(23)24)18-11(21)6-10-4-3-5-26-10/h3-5,12,15H,6-8H2,1-2H3,(H,18,21)(H,23,24)/t12-,15-/m1/s1. The Kier molecular flexibility index (Phi) is 6.69. The van der Waals surface area contributed by atoms with Crippen LogP contribution in [-0.4, -0.2) is 74.0 Å². The van der Waals surface area contributed by atoms with E-state index in [0.29, 0.717) is 21.4 Å². The molecule has 3 rings (SSSR count). The fraction of sp³-hybridized carbons (Fsp3) is 0.412. The first-order valence-electron chi connectivity index (χ1n) is 8.35. The Balaban J connectivity index is 1.68. The van der Waals surface area contributed by atoms with Gasteiger partial charge in [-0.25, -0.2) is 4.79 Å². The van der Waals surface area contributed by atoms with E-state index < -0.39 is 12.0 Å². The number of aliphatic carboxylic acids is 1. The third-order valence-electron chi connectivity index (χ3n) is 4.22. The maximum absolute atomic E-state index is 12.6. The molecule has 150 valence electrons. The van der Waals surface area contributed by atoms with Crippen LogP contribution in [0, 0.1) is 0 Å². The van der Waals surface area contributed by atoms with Crippen molar-refractivity contribution in [3.63, 3.8) is 0 Å². The summed E-state index contributed by atoms with van der Waals surface area (Å²) in [6, 6.07) is 3.04. The lowest BCUT2D eigenvalue weighted by atomic mass is 10.0. The lowest BCUT2D eigenvalue weighted by molar-refractivity contribution is -0.150. The average molecular weight is 458 g/mol. The Morgan fingerprint density at radius 2 is 2.21 bits per heavy atom. The number of thiophene rings is 1. The molecule has 2 atom stereocenters. The second-order valence-electron chi connectivity index (χ2n) is 6.42. The Bertz CT molecular complexity index is 837. The SMILES string of the molecule is CN(C)C(=S)SCC1=C(C(=O)O)N2C(=O)[C@@H](NC(=O)Cc3cccs3)[C@H]2SC1. The highest BCUT2D eigenvalue weighted by Crippen LogP contribution is 2.41. The number of hydrogen-bond donors (Lipinski definition) is 2. The van der Waals surface area contributed by atoms with E-state index in [1.807, 2.05) is 31.6 Å². The van der Waals surface area contributed by atoms with E-state index in [9.17, 15) is 19.5 Å². The van der Waals surface area contributed by atoms with Crippen LogP contribution >= 0.6 is 47.1 Å². The van der Waals surface area contributed by atoms with Gasteiger partial charge < -0.3 is 15.3 Å². The van der Waals surface area contributed by atoms with E-state index in [2.05, 4.69) is 5.32 Å². The number of β-lactam (4-membered cyclic amide) rings is 1. The molecule has 7 nitrogen and oxygen atoms in total. The van der Waals surface area contributed by atoms with Crippen molar-refractivity contribution in [2.24, 2.45) is 0 Å². The molecule has 3 heterocycles. The highest BCUT2D eigenvalue weighted by atomic mass is 32.2. The minimum atomic E-state index is -1.13. The topological polar surface area (TPSA) is 90.0 Å². The number of amides is 2. The van der Waals surface area contributed by atoms with Crippen LogP contribution in [-0.2, 0) is 20.8 Å². The molecule has 2 aliphatic rings. The Morgan fingerprint density at radius 3 is 2.82 bits per heavy atom. The Hall–Kier alpha value is -1.56. The van der Waals surface area contributed by atoms with Crippen LogP contribution in [0.3, 0.4) is 0 Å². The molecular formula is C17H19N3O4S4. The number of thiocarbonyl (C=S) groups is 1. The van der Waals surface area contributed by atoms with Gasteiger partial charge in [-0.1, -0.05) is 30.0 Å². The van der Waals surface area contributed by atoms with Gasteiger partial charge in [-0.15, -0.1) is 23.1 Å². The van der Waals surface area contributed by atoms with Crippen LogP contribution in [0.1, 0.15) is 4.88 Å². The van der Waals surface area contributed by atoms with E-state index in [-0.39, 0.29) is 29.3 Å². The third-order valence-corrected chi connectivity index (χ3v) is 8.26. The van der Waals surface area contributed by atoms with Crippen LogP contribution in [0.5, 0.6) is 0 Å². The van der Waals surface area contributed by atoms with Gasteiger partial charge in [0.15, 0.2) is 0 Å². The number of carbonyl (C=O) groups excluding carboxylic acids is 2. The number of carboxylic acid groups (broad SMARTS) is 1. The van der Waals surface area contributed by atoms with Crippen LogP contribution in [0.4, 0.5) is 0 Å². The lowest BCUT2D eigenvalue weighted by Gasteiger charge is -2.49. The van der Waals surface area contributed by atoms with Crippen LogP contribution in [0.25, 0.3) is 0 Å². The van der Waals surface area contributed by atoms with Crippen molar-refractivity contribution < 1.29 is 19.5 Å². The number of thioether (sulfide) groups is 2. The van der Waals surface area contributed by atoms with Gasteiger partial charge in [-0.3, -0.25) is 14.5 Å². The minimum Gasteiger partial charge on any atom is -0.477 e. The van der Waals surface area contributed by atoms with E-state index in [1.165, 1.54) is 39.8 Å². The summed E-state index contributed by atoms with van der Waals surface area (Å²) in [6.07, 6.45) is 0.213. The fourth-order valence-corrected chi connectivity index (χ4v) is 6.02. The second-order valence-corrected chi connectivity index (χ2v) is 10.2. The molecular weight excluding hydrogens is 438 g/mol. The van der Waals surface area contributed by atoms with Gasteiger partial charge in [0.25, 0.3) is 5.91 Å². The first kappa shape index (κ1) is 21.2. The van der Waals surface area contributed by atoms with Gasteiger partial charge in [-0.2, -0.15) is 0 Å². The van der Waals surface area contributed by atoms with Gasteiger partial charge in [-0.05, 0) is 17.0 Å². The average Bonchev–Trinajstić information content (AvgIpc) is 3.15. The quantitative estimate of drug-likeness (QED) is 0.492. The number of nitrogens with one attached hydrogen (secondary N) is 1. The summed E-state index contributed by atoms with van der Waals surface area (Å²) in [4.78, 5) is 40.6. The largest absolute Gasteiger partial charge is 0.477 e. The number of carboxylic acids is 1. The normalized spacial score (nSPS) is 21.1. The van der Waals surface area contributed by atoms with E-state index in [0.717, 1.165) is 4.88 Å². The zero-order valence-electron chi connectivity index (χ0n) is 15.2. The maximum atomic E-state index is 12.6. The summed E-state index contributed by atoms with van der Waals surface area (Å²) in [5, 5.41) is 13.9. The molecule has 1 aromatic heterocycles. The Morgan fingerprint density at radius 1 is 1.46 bits per heavy atom. The van der Waals surface area contributed by atoms with Crippen molar-refractivity contribution in [2.75, 3.05) is 25.6 Å². The van der Waals surface area contributed by atoms with Gasteiger partial charge in [0, 0.05) is 30.5 Å². The summed E-state index contributed by atoms with van der Waals surface area (Å²) >= 11 is 9.55. The van der Waals surface area contributed by atoms with Crippen molar-refractivity contribution >= 4 is 69.2 Å². The number of hydrogen-bond acceptors (Lipinski definition) is 7. The third kappa shape index (κ3) is 4.37. The summed E-state index contributed by atoms with van der Waals surface area (Å²) in [5.74, 6) is -0.853. The minimum absolute atomic E-state index is 0.0200.